The third-order valence-corrected chi connectivity index (χ3v) is 7.10. The van der Waals surface area contributed by atoms with Gasteiger partial charge in [0.2, 0.25) is 9.84 Å². The van der Waals surface area contributed by atoms with Crippen LogP contribution in [0.15, 0.2) is 101 Å². The van der Waals surface area contributed by atoms with Crippen molar-refractivity contribution in [2.24, 2.45) is 0 Å². The van der Waals surface area contributed by atoms with Crippen LogP contribution >= 0.6 is 0 Å². The molecule has 0 saturated carbocycles. The predicted octanol–water partition coefficient (Wildman–Crippen LogP) is 6.36. The van der Waals surface area contributed by atoms with Gasteiger partial charge in [0, 0.05) is 6.08 Å². The van der Waals surface area contributed by atoms with E-state index in [1.54, 1.807) is 54.6 Å². The van der Waals surface area contributed by atoms with Gasteiger partial charge in [-0.15, -0.1) is 0 Å². The summed E-state index contributed by atoms with van der Waals surface area (Å²) in [5, 5.41) is 0. The lowest BCUT2D eigenvalue weighted by Gasteiger charge is -2.07. The highest BCUT2D eigenvalue weighted by Gasteiger charge is 2.16. The van der Waals surface area contributed by atoms with Crippen molar-refractivity contribution in [3.8, 4) is 5.75 Å². The van der Waals surface area contributed by atoms with Crippen LogP contribution < -0.4 is 4.74 Å². The highest BCUT2D eigenvalue weighted by atomic mass is 32.2. The van der Waals surface area contributed by atoms with Crippen LogP contribution in [0.1, 0.15) is 36.8 Å². The van der Waals surface area contributed by atoms with Crippen molar-refractivity contribution in [1.29, 1.82) is 0 Å². The van der Waals surface area contributed by atoms with Gasteiger partial charge < -0.3 is 9.47 Å². The lowest BCUT2D eigenvalue weighted by molar-refractivity contribution is -0.137. The van der Waals surface area contributed by atoms with Gasteiger partial charge in [-0.3, -0.25) is 0 Å². The second-order valence-electron chi connectivity index (χ2n) is 7.92. The molecular formula is C29H30O5S. The molecule has 0 N–H and O–H groups in total. The first-order valence-electron chi connectivity index (χ1n) is 11.6. The third-order valence-electron chi connectivity index (χ3n) is 5.31. The van der Waals surface area contributed by atoms with Gasteiger partial charge >= 0.3 is 5.97 Å². The Kier molecular flexibility index (Phi) is 9.87. The molecular weight excluding hydrogens is 460 g/mol. The van der Waals surface area contributed by atoms with E-state index < -0.39 is 9.84 Å². The van der Waals surface area contributed by atoms with Gasteiger partial charge in [0.15, 0.2) is 0 Å². The van der Waals surface area contributed by atoms with Crippen molar-refractivity contribution in [2.45, 2.75) is 35.5 Å². The first kappa shape index (κ1) is 26.0. The molecule has 0 fully saturated rings. The van der Waals surface area contributed by atoms with Crippen LogP contribution in [0.3, 0.4) is 0 Å². The summed E-state index contributed by atoms with van der Waals surface area (Å²) >= 11 is 0. The van der Waals surface area contributed by atoms with Gasteiger partial charge in [-0.05, 0) is 73.2 Å². The van der Waals surface area contributed by atoms with E-state index in [0.717, 1.165) is 42.6 Å². The summed E-state index contributed by atoms with van der Waals surface area (Å²) in [7, 11) is -3.51. The zero-order chi connectivity index (χ0) is 24.9. The van der Waals surface area contributed by atoms with Gasteiger partial charge in [-0.1, -0.05) is 61.2 Å². The molecule has 0 saturated heterocycles. The maximum atomic E-state index is 12.7. The molecule has 3 aromatic rings. The van der Waals surface area contributed by atoms with E-state index in [1.165, 1.54) is 6.08 Å². The minimum Gasteiger partial charge on any atom is -0.494 e. The van der Waals surface area contributed by atoms with Crippen LogP contribution in [-0.2, 0) is 19.4 Å². The number of rotatable bonds is 13. The van der Waals surface area contributed by atoms with Crippen molar-refractivity contribution < 1.29 is 22.7 Å². The number of unbranched alkanes of at least 4 members (excludes halogenated alkanes) is 3. The molecule has 182 valence electrons. The summed E-state index contributed by atoms with van der Waals surface area (Å²) in [5.74, 6) is 0.441. The molecule has 0 atom stereocenters. The number of benzene rings is 3. The molecule has 0 radical (unpaired) electrons. The molecule has 0 amide bonds. The van der Waals surface area contributed by atoms with Crippen LogP contribution in [0.4, 0.5) is 0 Å². The van der Waals surface area contributed by atoms with Crippen LogP contribution in [0.5, 0.6) is 5.75 Å². The second kappa shape index (κ2) is 13.3. The van der Waals surface area contributed by atoms with Crippen molar-refractivity contribution >= 4 is 28.0 Å². The standard InChI is InChI=1S/C29H30O5S/c1-2-29(30)34-23-9-4-3-8-22-33-26-18-14-24(15-19-26)12-13-25-16-20-28(21-17-25)35(31,32)27-10-6-5-7-11-27/h2,5-7,10-21H,1,3-4,8-9,22-23H2. The summed E-state index contributed by atoms with van der Waals surface area (Å²) in [6.07, 6.45) is 8.87. The molecule has 35 heavy (non-hydrogen) atoms. The smallest absolute Gasteiger partial charge is 0.330 e. The Morgan fingerprint density at radius 2 is 1.26 bits per heavy atom. The Balaban J connectivity index is 1.42. The molecule has 0 aromatic heterocycles. The summed E-state index contributed by atoms with van der Waals surface area (Å²) in [6.45, 7) is 4.43. The van der Waals surface area contributed by atoms with Crippen molar-refractivity contribution in [3.63, 3.8) is 0 Å². The fourth-order valence-corrected chi connectivity index (χ4v) is 4.62. The fourth-order valence-electron chi connectivity index (χ4n) is 3.34. The largest absolute Gasteiger partial charge is 0.494 e. The Hall–Kier alpha value is -3.64. The fraction of sp³-hybridized carbons (Fsp3) is 0.207. The zero-order valence-corrected chi connectivity index (χ0v) is 20.5. The lowest BCUT2D eigenvalue weighted by Crippen LogP contribution is -2.02. The molecule has 6 heteroatoms. The summed E-state index contributed by atoms with van der Waals surface area (Å²) in [6, 6.07) is 23.1. The summed E-state index contributed by atoms with van der Waals surface area (Å²) in [4.78, 5) is 11.5. The number of esters is 1. The van der Waals surface area contributed by atoms with Crippen LogP contribution in [0.2, 0.25) is 0 Å². The molecule has 3 rings (SSSR count). The van der Waals surface area contributed by atoms with E-state index in [9.17, 15) is 13.2 Å². The number of ether oxygens (including phenoxy) is 2. The number of sulfone groups is 1. The first-order valence-corrected chi connectivity index (χ1v) is 13.1. The minimum absolute atomic E-state index is 0.276. The molecule has 0 aliphatic rings. The van der Waals surface area contributed by atoms with Crippen LogP contribution in [0.25, 0.3) is 12.2 Å². The van der Waals surface area contributed by atoms with Crippen LogP contribution in [-0.4, -0.2) is 27.6 Å². The monoisotopic (exact) mass is 490 g/mol. The number of carbonyl (C=O) groups is 1. The number of hydrogen-bond acceptors (Lipinski definition) is 5. The molecule has 3 aromatic carbocycles. The Bertz CT molecular complexity index is 1210. The van der Waals surface area contributed by atoms with Crippen molar-refractivity contribution in [1.82, 2.24) is 0 Å². The summed E-state index contributed by atoms with van der Waals surface area (Å²) in [5.41, 5.74) is 1.93. The third kappa shape index (κ3) is 8.26. The molecule has 0 heterocycles. The van der Waals surface area contributed by atoms with E-state index in [-0.39, 0.29) is 15.8 Å². The Morgan fingerprint density at radius 3 is 1.86 bits per heavy atom. The normalized spacial score (nSPS) is 11.3. The van der Waals surface area contributed by atoms with Crippen molar-refractivity contribution in [3.05, 3.63) is 103 Å². The maximum absolute atomic E-state index is 12.7. The van der Waals surface area contributed by atoms with Crippen LogP contribution in [0, 0.1) is 0 Å². The predicted molar refractivity (Wildman–Crippen MR) is 139 cm³/mol. The number of carbonyl (C=O) groups excluding carboxylic acids is 1. The Labute approximate surface area is 207 Å². The topological polar surface area (TPSA) is 69.7 Å². The zero-order valence-electron chi connectivity index (χ0n) is 19.6. The quantitative estimate of drug-likeness (QED) is 0.121. The summed E-state index contributed by atoms with van der Waals surface area (Å²) < 4.78 is 36.1. The molecule has 0 unspecified atom stereocenters. The highest BCUT2D eigenvalue weighted by molar-refractivity contribution is 7.91. The highest BCUT2D eigenvalue weighted by Crippen LogP contribution is 2.22. The minimum atomic E-state index is -3.51. The molecule has 5 nitrogen and oxygen atoms in total. The first-order chi connectivity index (χ1) is 17.0. The molecule has 0 spiro atoms. The average Bonchev–Trinajstić information content (AvgIpc) is 2.90. The maximum Gasteiger partial charge on any atom is 0.330 e. The SMILES string of the molecule is C=CC(=O)OCCCCCCOc1ccc(C=Cc2ccc(S(=O)(=O)c3ccccc3)cc2)cc1. The van der Waals surface area contributed by atoms with Gasteiger partial charge in [-0.25, -0.2) is 13.2 Å². The lowest BCUT2D eigenvalue weighted by atomic mass is 10.1. The average molecular weight is 491 g/mol. The van der Waals surface area contributed by atoms with Gasteiger partial charge in [0.05, 0.1) is 23.0 Å². The molecule has 0 aliphatic carbocycles. The van der Waals surface area contributed by atoms with E-state index in [1.807, 2.05) is 36.4 Å². The molecule has 0 bridgehead atoms. The number of hydrogen-bond donors (Lipinski definition) is 0. The van der Waals surface area contributed by atoms with E-state index in [4.69, 9.17) is 9.47 Å². The van der Waals surface area contributed by atoms with Crippen molar-refractivity contribution in [2.75, 3.05) is 13.2 Å². The van der Waals surface area contributed by atoms with Gasteiger partial charge in [0.1, 0.15) is 5.75 Å². The van der Waals surface area contributed by atoms with E-state index in [0.29, 0.717) is 13.2 Å². The van der Waals surface area contributed by atoms with Gasteiger partial charge in [0.25, 0.3) is 0 Å². The molecule has 0 aliphatic heterocycles. The van der Waals surface area contributed by atoms with E-state index >= 15 is 0 Å². The Morgan fingerprint density at radius 1 is 0.714 bits per heavy atom. The van der Waals surface area contributed by atoms with Gasteiger partial charge in [-0.2, -0.15) is 0 Å². The second-order valence-corrected chi connectivity index (χ2v) is 9.87. The van der Waals surface area contributed by atoms with E-state index in [2.05, 4.69) is 6.58 Å².